The molecule has 1 heterocycles. The maximum Gasteiger partial charge on any atom is 0.483 e. The Morgan fingerprint density at radius 1 is 1.52 bits per heavy atom. The lowest BCUT2D eigenvalue weighted by atomic mass is 10.1. The molecule has 4 amide bonds. The fourth-order valence-corrected chi connectivity index (χ4v) is 2.29. The van der Waals surface area contributed by atoms with Gasteiger partial charge in [-0.25, -0.2) is 9.18 Å². The number of nitrogens with zero attached hydrogens (tertiary/aromatic N) is 2. The van der Waals surface area contributed by atoms with E-state index in [2.05, 4.69) is 22.3 Å². The second-order valence-electron chi connectivity index (χ2n) is 5.07. The van der Waals surface area contributed by atoms with Gasteiger partial charge in [-0.2, -0.15) is 8.78 Å². The number of hydrogen-bond acceptors (Lipinski definition) is 5. The van der Waals surface area contributed by atoms with Crippen LogP contribution in [0.1, 0.15) is 0 Å². The summed E-state index contributed by atoms with van der Waals surface area (Å²) in [7, 11) is 1.15. The highest BCUT2D eigenvalue weighted by molar-refractivity contribution is 7.80. The maximum absolute atomic E-state index is 14.3. The third-order valence-corrected chi connectivity index (χ3v) is 3.60. The SMILES string of the molecule is C#CCN1C(=O)C(F)(F)Oc2cc(F)c(N(C)C(=O)NC(=S)NC=O)cc21. The number of terminal acetylenes is 1. The molecule has 0 bridgehead atoms. The molecule has 2 rings (SSSR count). The predicted octanol–water partition coefficient (Wildman–Crippen LogP) is 0.954. The number of anilines is 2. The van der Waals surface area contributed by atoms with Crippen LogP contribution in [0.5, 0.6) is 5.75 Å². The van der Waals surface area contributed by atoms with Crippen molar-refractivity contribution in [2.45, 2.75) is 6.11 Å². The van der Waals surface area contributed by atoms with Crippen molar-refractivity contribution in [3.8, 4) is 18.1 Å². The quantitative estimate of drug-likeness (QED) is 0.448. The van der Waals surface area contributed by atoms with Gasteiger partial charge in [0.15, 0.2) is 16.7 Å². The first-order valence-corrected chi connectivity index (χ1v) is 7.47. The second kappa shape index (κ2) is 7.50. The first-order chi connectivity index (χ1) is 12.6. The number of hydrogen-bond donors (Lipinski definition) is 2. The Hall–Kier alpha value is -3.33. The molecule has 0 saturated heterocycles. The number of rotatable bonds is 3. The van der Waals surface area contributed by atoms with Crippen LogP contribution in [0.2, 0.25) is 0 Å². The van der Waals surface area contributed by atoms with Gasteiger partial charge in [-0.3, -0.25) is 24.7 Å². The molecular formula is C15H11F3N4O4S. The van der Waals surface area contributed by atoms with Gasteiger partial charge < -0.3 is 10.1 Å². The Balaban J connectivity index is 2.43. The van der Waals surface area contributed by atoms with Crippen molar-refractivity contribution in [3.05, 3.63) is 17.9 Å². The van der Waals surface area contributed by atoms with E-state index in [1.54, 1.807) is 0 Å². The van der Waals surface area contributed by atoms with E-state index in [0.717, 1.165) is 18.0 Å². The first kappa shape index (κ1) is 20.0. The Morgan fingerprint density at radius 2 is 2.19 bits per heavy atom. The van der Waals surface area contributed by atoms with E-state index in [-0.39, 0.29) is 22.9 Å². The molecule has 0 radical (unpaired) electrons. The van der Waals surface area contributed by atoms with Crippen LogP contribution in [0, 0.1) is 18.2 Å². The minimum atomic E-state index is -4.21. The smallest absolute Gasteiger partial charge is 0.423 e. The summed E-state index contributed by atoms with van der Waals surface area (Å²) >= 11 is 4.65. The molecule has 142 valence electrons. The molecule has 2 N–H and O–H groups in total. The fourth-order valence-electron chi connectivity index (χ4n) is 2.16. The van der Waals surface area contributed by atoms with Crippen LogP contribution in [-0.2, 0) is 9.59 Å². The number of benzene rings is 1. The fraction of sp³-hybridized carbons (Fsp3) is 0.200. The van der Waals surface area contributed by atoms with Crippen LogP contribution in [0.3, 0.4) is 0 Å². The second-order valence-corrected chi connectivity index (χ2v) is 5.47. The molecule has 0 fully saturated rings. The lowest BCUT2D eigenvalue weighted by Crippen LogP contribution is -2.51. The Bertz CT molecular complexity index is 871. The van der Waals surface area contributed by atoms with Gasteiger partial charge in [0.1, 0.15) is 0 Å². The summed E-state index contributed by atoms with van der Waals surface area (Å²) in [4.78, 5) is 35.5. The molecule has 1 aliphatic heterocycles. The van der Waals surface area contributed by atoms with Gasteiger partial charge in [0.05, 0.1) is 17.9 Å². The zero-order valence-corrected chi connectivity index (χ0v) is 14.4. The van der Waals surface area contributed by atoms with E-state index < -0.39 is 36.2 Å². The number of urea groups is 1. The highest BCUT2D eigenvalue weighted by Crippen LogP contribution is 2.42. The molecular weight excluding hydrogens is 389 g/mol. The lowest BCUT2D eigenvalue weighted by molar-refractivity contribution is -0.192. The summed E-state index contributed by atoms with van der Waals surface area (Å²) in [6, 6.07) is 0.607. The number of carbonyl (C=O) groups is 3. The molecule has 1 aromatic carbocycles. The van der Waals surface area contributed by atoms with Crippen LogP contribution >= 0.6 is 12.2 Å². The number of nitrogens with one attached hydrogen (secondary N) is 2. The minimum absolute atomic E-state index is 0.225. The molecule has 0 saturated carbocycles. The zero-order chi connectivity index (χ0) is 20.4. The molecule has 0 atom stereocenters. The predicted molar refractivity (Wildman–Crippen MR) is 91.9 cm³/mol. The van der Waals surface area contributed by atoms with E-state index in [4.69, 9.17) is 6.42 Å². The molecule has 0 unspecified atom stereocenters. The summed E-state index contributed by atoms with van der Waals surface area (Å²) in [5, 5.41) is 3.76. The molecule has 1 aliphatic rings. The standard InChI is InChI=1S/C15H11F3N4O4S/c1-3-4-22-10-6-9(21(2)14(25)20-13(27)19-7-23)8(16)5-11(10)26-15(17,18)12(22)24/h1,5-7H,4H2,2H3,(H2,19,20,23,25,27). The Morgan fingerprint density at radius 3 is 2.78 bits per heavy atom. The van der Waals surface area contributed by atoms with Crippen LogP contribution in [0.15, 0.2) is 12.1 Å². The van der Waals surface area contributed by atoms with Crippen molar-refractivity contribution in [3.63, 3.8) is 0 Å². The molecule has 0 spiro atoms. The monoisotopic (exact) mass is 400 g/mol. The number of amides is 4. The van der Waals surface area contributed by atoms with Gasteiger partial charge >= 0.3 is 18.0 Å². The molecule has 0 aliphatic carbocycles. The van der Waals surface area contributed by atoms with Gasteiger partial charge in [0.25, 0.3) is 0 Å². The summed E-state index contributed by atoms with van der Waals surface area (Å²) < 4.78 is 45.9. The van der Waals surface area contributed by atoms with Crippen molar-refractivity contribution in [1.82, 2.24) is 10.6 Å². The van der Waals surface area contributed by atoms with Crippen LogP contribution in [0.4, 0.5) is 29.3 Å². The van der Waals surface area contributed by atoms with Gasteiger partial charge in [0, 0.05) is 13.1 Å². The normalized spacial score (nSPS) is 14.3. The number of ether oxygens (including phenoxy) is 1. The highest BCUT2D eigenvalue weighted by Gasteiger charge is 2.50. The molecule has 1 aromatic rings. The molecule has 0 aromatic heterocycles. The first-order valence-electron chi connectivity index (χ1n) is 7.07. The van der Waals surface area contributed by atoms with Crippen molar-refractivity contribution < 1.29 is 32.3 Å². The zero-order valence-electron chi connectivity index (χ0n) is 13.6. The third kappa shape index (κ3) is 3.93. The Kier molecular flexibility index (Phi) is 5.55. The number of fused-ring (bicyclic) bond motifs is 1. The van der Waals surface area contributed by atoms with E-state index in [1.807, 2.05) is 11.2 Å². The summed E-state index contributed by atoms with van der Waals surface area (Å²) in [6.45, 7) is -0.529. The number of thiocarbonyl (C=S) groups is 1. The molecule has 27 heavy (non-hydrogen) atoms. The summed E-state index contributed by atoms with van der Waals surface area (Å²) in [5.41, 5.74) is -0.627. The van der Waals surface area contributed by atoms with Gasteiger partial charge in [0.2, 0.25) is 6.41 Å². The van der Waals surface area contributed by atoms with Crippen molar-refractivity contribution >= 4 is 47.1 Å². The Labute approximate surface area is 156 Å². The van der Waals surface area contributed by atoms with E-state index in [1.165, 1.54) is 0 Å². The van der Waals surface area contributed by atoms with E-state index in [9.17, 15) is 27.6 Å². The minimum Gasteiger partial charge on any atom is -0.423 e. The number of carbonyl (C=O) groups excluding carboxylic acids is 3. The summed E-state index contributed by atoms with van der Waals surface area (Å²) in [6.07, 6.45) is 1.11. The van der Waals surface area contributed by atoms with Crippen molar-refractivity contribution in [2.24, 2.45) is 0 Å². The topological polar surface area (TPSA) is 91.0 Å². The molecule has 8 nitrogen and oxygen atoms in total. The molecule has 12 heteroatoms. The van der Waals surface area contributed by atoms with E-state index >= 15 is 0 Å². The number of halogens is 3. The third-order valence-electron chi connectivity index (χ3n) is 3.38. The summed E-state index contributed by atoms with van der Waals surface area (Å²) in [5.74, 6) is -1.40. The largest absolute Gasteiger partial charge is 0.483 e. The van der Waals surface area contributed by atoms with Gasteiger partial charge in [-0.15, -0.1) is 6.42 Å². The van der Waals surface area contributed by atoms with Crippen LogP contribution < -0.4 is 25.2 Å². The van der Waals surface area contributed by atoms with Gasteiger partial charge in [-0.05, 0) is 18.3 Å². The van der Waals surface area contributed by atoms with Crippen molar-refractivity contribution in [2.75, 3.05) is 23.4 Å². The number of alkyl halides is 2. The average molecular weight is 400 g/mol. The van der Waals surface area contributed by atoms with E-state index in [0.29, 0.717) is 11.0 Å². The lowest BCUT2D eigenvalue weighted by Gasteiger charge is -2.33. The average Bonchev–Trinajstić information content (AvgIpc) is 2.58. The van der Waals surface area contributed by atoms with Crippen LogP contribution in [0.25, 0.3) is 0 Å². The van der Waals surface area contributed by atoms with Crippen molar-refractivity contribution in [1.29, 1.82) is 0 Å². The van der Waals surface area contributed by atoms with Crippen LogP contribution in [-0.4, -0.2) is 43.2 Å². The maximum atomic E-state index is 14.3. The highest BCUT2D eigenvalue weighted by atomic mass is 32.1. The van der Waals surface area contributed by atoms with Gasteiger partial charge in [-0.1, -0.05) is 5.92 Å².